The van der Waals surface area contributed by atoms with Gasteiger partial charge in [0.25, 0.3) is 0 Å². The number of hydrogen-bond acceptors (Lipinski definition) is 4. The van der Waals surface area contributed by atoms with E-state index in [1.165, 1.54) is 44.2 Å². The minimum atomic E-state index is 0. The fourth-order valence-electron chi connectivity index (χ4n) is 2.73. The van der Waals surface area contributed by atoms with Crippen LogP contribution in [0.2, 0.25) is 0 Å². The second kappa shape index (κ2) is 5.67. The average molecular weight is 318 g/mol. The Labute approximate surface area is 116 Å². The Morgan fingerprint density at radius 2 is 2.18 bits per heavy atom. The van der Waals surface area contributed by atoms with Crippen molar-refractivity contribution >= 4 is 32.4 Å². The highest BCUT2D eigenvalue weighted by Gasteiger charge is 2.27. The summed E-state index contributed by atoms with van der Waals surface area (Å²) in [5, 5.41) is 1.18. The average Bonchev–Trinajstić information content (AvgIpc) is 2.65. The van der Waals surface area contributed by atoms with E-state index in [1.54, 1.807) is 11.3 Å². The molecule has 0 N–H and O–H groups in total. The summed E-state index contributed by atoms with van der Waals surface area (Å²) in [5.74, 6) is 0.846. The number of fused-ring (bicyclic) bond motifs is 2. The molecule has 17 heavy (non-hydrogen) atoms. The first-order chi connectivity index (χ1) is 7.81. The third kappa shape index (κ3) is 3.01. The second-order valence-electron chi connectivity index (χ2n) is 4.70. The lowest BCUT2D eigenvalue weighted by molar-refractivity contribution is 0.201. The van der Waals surface area contributed by atoms with Crippen LogP contribution < -0.4 is 4.90 Å². The highest BCUT2D eigenvalue weighted by Crippen LogP contribution is 2.29. The van der Waals surface area contributed by atoms with E-state index in [9.17, 15) is 0 Å². The van der Waals surface area contributed by atoms with Crippen molar-refractivity contribution in [2.24, 2.45) is 5.92 Å². The van der Waals surface area contributed by atoms with Crippen molar-refractivity contribution in [1.82, 2.24) is 9.88 Å². The predicted octanol–water partition coefficient (Wildman–Crippen LogP) is 3.07. The quantitative estimate of drug-likeness (QED) is 0.793. The van der Waals surface area contributed by atoms with E-state index in [-0.39, 0.29) is 7.43 Å². The summed E-state index contributed by atoms with van der Waals surface area (Å²) in [6.45, 7) is 6.12. The lowest BCUT2D eigenvalue weighted by Crippen LogP contribution is -2.35. The van der Waals surface area contributed by atoms with Crippen LogP contribution in [0.1, 0.15) is 20.3 Å². The largest absolute Gasteiger partial charge is 0.346 e. The number of hydrogen-bond donors (Lipinski definition) is 0. The number of nitrogens with zero attached hydrogens (tertiary/aromatic N) is 3. The lowest BCUT2D eigenvalue weighted by atomic mass is 9.99. The van der Waals surface area contributed by atoms with Crippen LogP contribution in [0, 0.1) is 5.92 Å². The van der Waals surface area contributed by atoms with Crippen LogP contribution >= 0.6 is 27.3 Å². The summed E-state index contributed by atoms with van der Waals surface area (Å²) in [5.41, 5.74) is 0. The number of halogens is 1. The smallest absolute Gasteiger partial charge is 0.186 e. The molecule has 1 aromatic rings. The molecule has 5 heteroatoms. The zero-order valence-corrected chi connectivity index (χ0v) is 11.6. The summed E-state index contributed by atoms with van der Waals surface area (Å²) in [6, 6.07) is 0. The van der Waals surface area contributed by atoms with Crippen molar-refractivity contribution in [2.45, 2.75) is 20.3 Å². The maximum absolute atomic E-state index is 4.47. The van der Waals surface area contributed by atoms with Crippen molar-refractivity contribution in [1.29, 1.82) is 0 Å². The molecular weight excluding hydrogens is 298 g/mol. The molecule has 0 aliphatic carbocycles. The van der Waals surface area contributed by atoms with Gasteiger partial charge in [-0.2, -0.15) is 0 Å². The van der Waals surface area contributed by atoms with Crippen molar-refractivity contribution in [3.05, 3.63) is 9.98 Å². The van der Waals surface area contributed by atoms with E-state index in [0.717, 1.165) is 16.2 Å². The Balaban J connectivity index is 0.00000108. The Hall–Kier alpha value is -0.130. The Kier molecular flexibility index (Phi) is 4.44. The van der Waals surface area contributed by atoms with Gasteiger partial charge in [-0.25, -0.2) is 4.98 Å². The van der Waals surface area contributed by atoms with Gasteiger partial charge >= 0.3 is 0 Å². The van der Waals surface area contributed by atoms with Crippen LogP contribution in [0.25, 0.3) is 0 Å². The SMILES string of the molecule is Brc1cnc(N2CCN3CCCC(C3)C2)s1.C. The zero-order valence-electron chi connectivity index (χ0n) is 9.23. The van der Waals surface area contributed by atoms with Gasteiger partial charge in [0, 0.05) is 26.2 Å². The Bertz CT molecular complexity index is 368. The van der Waals surface area contributed by atoms with Crippen LogP contribution in [0.5, 0.6) is 0 Å². The summed E-state index contributed by atoms with van der Waals surface area (Å²) < 4.78 is 1.13. The van der Waals surface area contributed by atoms with Gasteiger partial charge in [0.15, 0.2) is 5.13 Å². The van der Waals surface area contributed by atoms with Gasteiger partial charge in [0.1, 0.15) is 0 Å². The number of rotatable bonds is 1. The predicted molar refractivity (Wildman–Crippen MR) is 77.9 cm³/mol. The zero-order chi connectivity index (χ0) is 11.0. The van der Waals surface area contributed by atoms with Gasteiger partial charge in [0.2, 0.25) is 0 Å². The van der Waals surface area contributed by atoms with Gasteiger partial charge in [-0.1, -0.05) is 18.8 Å². The van der Waals surface area contributed by atoms with Gasteiger partial charge in [-0.15, -0.1) is 0 Å². The van der Waals surface area contributed by atoms with Crippen molar-refractivity contribution in [3.8, 4) is 0 Å². The molecule has 3 heterocycles. The molecule has 2 saturated heterocycles. The summed E-state index contributed by atoms with van der Waals surface area (Å²) >= 11 is 5.24. The number of anilines is 1. The minimum absolute atomic E-state index is 0. The lowest BCUT2D eigenvalue weighted by Gasteiger charge is -2.29. The van der Waals surface area contributed by atoms with Crippen molar-refractivity contribution < 1.29 is 0 Å². The fraction of sp³-hybridized carbons (Fsp3) is 0.750. The minimum Gasteiger partial charge on any atom is -0.346 e. The molecule has 2 atom stereocenters. The van der Waals surface area contributed by atoms with E-state index in [4.69, 9.17) is 0 Å². The molecule has 1 aromatic heterocycles. The molecule has 2 aliphatic heterocycles. The second-order valence-corrected chi connectivity index (χ2v) is 7.09. The number of piperidine rings is 1. The van der Waals surface area contributed by atoms with Crippen LogP contribution in [-0.4, -0.2) is 42.6 Å². The van der Waals surface area contributed by atoms with Crippen LogP contribution in [0.15, 0.2) is 9.98 Å². The fourth-order valence-corrected chi connectivity index (χ4v) is 3.95. The van der Waals surface area contributed by atoms with E-state index in [1.807, 2.05) is 6.20 Å². The van der Waals surface area contributed by atoms with E-state index in [0.29, 0.717) is 0 Å². The van der Waals surface area contributed by atoms with E-state index in [2.05, 4.69) is 30.7 Å². The number of aromatic nitrogens is 1. The molecule has 0 saturated carbocycles. The molecule has 3 rings (SSSR count). The molecule has 0 amide bonds. The monoisotopic (exact) mass is 317 g/mol. The molecule has 2 bridgehead atoms. The highest BCUT2D eigenvalue weighted by molar-refractivity contribution is 9.11. The van der Waals surface area contributed by atoms with E-state index >= 15 is 0 Å². The molecule has 0 spiro atoms. The first-order valence-electron chi connectivity index (χ1n) is 5.90. The first kappa shape index (κ1) is 13.3. The van der Waals surface area contributed by atoms with Crippen LogP contribution in [-0.2, 0) is 0 Å². The normalized spacial score (nSPS) is 28.4. The van der Waals surface area contributed by atoms with E-state index < -0.39 is 0 Å². The molecule has 2 aliphatic rings. The molecule has 2 unspecified atom stereocenters. The molecule has 96 valence electrons. The third-order valence-corrected chi connectivity index (χ3v) is 5.04. The third-order valence-electron chi connectivity index (χ3n) is 3.50. The maximum atomic E-state index is 4.47. The van der Waals surface area contributed by atoms with Gasteiger partial charge in [0.05, 0.1) is 9.98 Å². The Morgan fingerprint density at radius 3 is 2.94 bits per heavy atom. The van der Waals surface area contributed by atoms with Crippen LogP contribution in [0.4, 0.5) is 5.13 Å². The standard InChI is InChI=1S/C11H16BrN3S.CH4/c12-10-6-13-11(16-10)15-5-4-14-3-1-2-9(7-14)8-15;/h6,9H,1-5,7-8H2;1H4. The topological polar surface area (TPSA) is 19.4 Å². The molecule has 0 radical (unpaired) electrons. The molecule has 3 nitrogen and oxygen atoms in total. The summed E-state index contributed by atoms with van der Waals surface area (Å²) in [4.78, 5) is 9.55. The first-order valence-corrected chi connectivity index (χ1v) is 7.51. The van der Waals surface area contributed by atoms with Crippen LogP contribution in [0.3, 0.4) is 0 Å². The Morgan fingerprint density at radius 1 is 1.29 bits per heavy atom. The van der Waals surface area contributed by atoms with Gasteiger partial charge < -0.3 is 9.80 Å². The maximum Gasteiger partial charge on any atom is 0.186 e. The summed E-state index contributed by atoms with van der Waals surface area (Å²) in [6.07, 6.45) is 4.68. The molecular formula is C12H20BrN3S. The summed E-state index contributed by atoms with van der Waals surface area (Å²) in [7, 11) is 0. The molecule has 0 aromatic carbocycles. The van der Waals surface area contributed by atoms with Crippen molar-refractivity contribution in [3.63, 3.8) is 0 Å². The number of thiazole rings is 1. The van der Waals surface area contributed by atoms with Crippen molar-refractivity contribution in [2.75, 3.05) is 37.6 Å². The molecule has 2 fully saturated rings. The van der Waals surface area contributed by atoms with Gasteiger partial charge in [-0.3, -0.25) is 0 Å². The highest BCUT2D eigenvalue weighted by atomic mass is 79.9. The van der Waals surface area contributed by atoms with Gasteiger partial charge in [-0.05, 0) is 41.2 Å².